The summed E-state index contributed by atoms with van der Waals surface area (Å²) in [7, 11) is 2.66. The quantitative estimate of drug-likeness (QED) is 0.365. The average molecular weight is 622 g/mol. The fourth-order valence-corrected chi connectivity index (χ4v) is 5.63. The summed E-state index contributed by atoms with van der Waals surface area (Å²) in [6.07, 6.45) is 4.13. The maximum atomic E-state index is 11.4. The van der Waals surface area contributed by atoms with Crippen LogP contribution in [0.1, 0.15) is 45.0 Å². The highest BCUT2D eigenvalue weighted by molar-refractivity contribution is 7.18. The number of rotatable bonds is 4. The minimum Gasteiger partial charge on any atom is -0.465 e. The molecule has 0 saturated carbocycles. The maximum absolute atomic E-state index is 11.4. The zero-order chi connectivity index (χ0) is 24.8. The maximum Gasteiger partial charge on any atom is 0.351 e. The molecule has 0 spiro atoms. The molecule has 2 aromatic heterocycles. The lowest BCUT2D eigenvalue weighted by Crippen LogP contribution is -2.42. The van der Waals surface area contributed by atoms with Gasteiger partial charge in [-0.05, 0) is 25.7 Å². The van der Waals surface area contributed by atoms with Gasteiger partial charge in [0, 0.05) is 38.3 Å². The molecule has 0 amide bonds. The number of carbonyl (C=O) groups is 2. The van der Waals surface area contributed by atoms with Gasteiger partial charge in [-0.2, -0.15) is 0 Å². The lowest BCUT2D eigenvalue weighted by molar-refractivity contribution is 0.0598. The molecule has 2 atom stereocenters. The topological polar surface area (TPSA) is 189 Å². The van der Waals surface area contributed by atoms with E-state index in [1.807, 2.05) is 0 Å². The zero-order valence-electron chi connectivity index (χ0n) is 20.6. The van der Waals surface area contributed by atoms with Gasteiger partial charge in [-0.15, -0.1) is 37.2 Å². The van der Waals surface area contributed by atoms with Crippen LogP contribution < -0.4 is 32.7 Å². The number of esters is 2. The number of nitrogen functional groups attached to an aromatic ring is 2. The molecule has 2 aromatic rings. The van der Waals surface area contributed by atoms with Crippen LogP contribution in [0.3, 0.4) is 0 Å². The van der Waals surface area contributed by atoms with E-state index < -0.39 is 11.9 Å². The van der Waals surface area contributed by atoms with Gasteiger partial charge in [-0.1, -0.05) is 22.7 Å². The smallest absolute Gasteiger partial charge is 0.351 e. The highest BCUT2D eigenvalue weighted by Gasteiger charge is 2.24. The molecule has 0 aliphatic carbocycles. The number of piperidine rings is 2. The second-order valence-electron chi connectivity index (χ2n) is 8.10. The molecule has 2 aliphatic heterocycles. The molecule has 0 radical (unpaired) electrons. The number of ether oxygens (including phenoxy) is 2. The molecule has 2 saturated heterocycles. The van der Waals surface area contributed by atoms with E-state index in [-0.39, 0.29) is 60.9 Å². The van der Waals surface area contributed by atoms with Crippen molar-refractivity contribution in [3.63, 3.8) is 0 Å². The third-order valence-corrected chi connectivity index (χ3v) is 7.71. The number of hydrogen-bond acceptors (Lipinski definition) is 14. The van der Waals surface area contributed by atoms with Crippen LogP contribution in [0.25, 0.3) is 0 Å². The number of carbonyl (C=O) groups excluding carboxylic acids is 2. The molecule has 0 aromatic carbocycles. The summed E-state index contributed by atoms with van der Waals surface area (Å²) in [6.45, 7) is 3.32. The molecule has 4 rings (SSSR count). The van der Waals surface area contributed by atoms with Crippen LogP contribution in [-0.4, -0.2) is 74.4 Å². The van der Waals surface area contributed by atoms with Gasteiger partial charge in [0.05, 0.1) is 14.2 Å². The van der Waals surface area contributed by atoms with Crippen LogP contribution >= 0.6 is 59.9 Å². The lowest BCUT2D eigenvalue weighted by Gasteiger charge is -2.30. The van der Waals surface area contributed by atoms with Gasteiger partial charge in [0.2, 0.25) is 0 Å². The fraction of sp³-hybridized carbons (Fsp3) is 0.600. The van der Waals surface area contributed by atoms with Gasteiger partial charge in [-0.25, -0.2) is 19.6 Å². The van der Waals surface area contributed by atoms with E-state index in [1.54, 1.807) is 0 Å². The highest BCUT2D eigenvalue weighted by atomic mass is 35.5. The first kappa shape index (κ1) is 35.2. The molecule has 17 heteroatoms. The van der Waals surface area contributed by atoms with Crippen molar-refractivity contribution in [1.29, 1.82) is 0 Å². The van der Waals surface area contributed by atoms with Gasteiger partial charge < -0.3 is 42.2 Å². The molecule has 2 aliphatic rings. The van der Waals surface area contributed by atoms with Gasteiger partial charge in [0.25, 0.3) is 0 Å². The SMILES string of the molecule is COC(=O)c1sc(N2CCCC(N)C2)nc1N.COC(=O)c1sc(N2CCCC(N)C2)nc1N.Cl.Cl.Cl. The number of nitrogens with two attached hydrogens (primary N) is 4. The minimum atomic E-state index is -0.437. The van der Waals surface area contributed by atoms with Crippen LogP contribution in [0.15, 0.2) is 0 Å². The van der Waals surface area contributed by atoms with Gasteiger partial charge in [0.1, 0.15) is 0 Å². The lowest BCUT2D eigenvalue weighted by atomic mass is 10.1. The number of aromatic nitrogens is 2. The third-order valence-electron chi connectivity index (χ3n) is 5.48. The van der Waals surface area contributed by atoms with Crippen molar-refractivity contribution in [2.75, 3.05) is 61.7 Å². The van der Waals surface area contributed by atoms with E-state index in [0.717, 1.165) is 62.1 Å². The Morgan fingerprint density at radius 3 is 1.43 bits per heavy atom. The van der Waals surface area contributed by atoms with Crippen LogP contribution in [-0.2, 0) is 9.47 Å². The largest absolute Gasteiger partial charge is 0.465 e. The normalized spacial score (nSPS) is 18.7. The molecular formula is C20H35Cl3N8O4S2. The summed E-state index contributed by atoms with van der Waals surface area (Å²) >= 11 is 2.52. The van der Waals surface area contributed by atoms with Crippen LogP contribution in [0, 0.1) is 0 Å². The summed E-state index contributed by atoms with van der Waals surface area (Å²) in [5.74, 6) is -0.410. The highest BCUT2D eigenvalue weighted by Crippen LogP contribution is 2.31. The van der Waals surface area contributed by atoms with Crippen LogP contribution in [0.5, 0.6) is 0 Å². The Labute approximate surface area is 242 Å². The van der Waals surface area contributed by atoms with Gasteiger partial charge in [-0.3, -0.25) is 0 Å². The minimum absolute atomic E-state index is 0. The summed E-state index contributed by atoms with van der Waals surface area (Å²) in [6, 6.07) is 0.325. The molecule has 2 fully saturated rings. The Hall–Kier alpha value is -1.81. The van der Waals surface area contributed by atoms with Crippen molar-refractivity contribution in [2.24, 2.45) is 11.5 Å². The summed E-state index contributed by atoms with van der Waals surface area (Å²) in [5.41, 5.74) is 23.2. The number of nitrogens with zero attached hydrogens (tertiary/aromatic N) is 4. The first-order valence-corrected chi connectivity index (χ1v) is 12.6. The average Bonchev–Trinajstić information content (AvgIpc) is 3.41. The second kappa shape index (κ2) is 16.2. The number of thiazole rings is 2. The Kier molecular flexibility index (Phi) is 15.4. The molecular weight excluding hydrogens is 587 g/mol. The standard InChI is InChI=1S/2C10H16N4O2S.3ClH/c2*1-16-9(15)7-8(12)13-10(17-7)14-4-2-3-6(11)5-14;;;/h2*6H,2-5,11-12H2,1H3;3*1H. The number of methoxy groups -OCH3 is 2. The molecule has 37 heavy (non-hydrogen) atoms. The van der Waals surface area contributed by atoms with Gasteiger partial charge >= 0.3 is 11.9 Å². The van der Waals surface area contributed by atoms with Crippen molar-refractivity contribution < 1.29 is 19.1 Å². The summed E-state index contributed by atoms with van der Waals surface area (Å²) < 4.78 is 9.29. The van der Waals surface area contributed by atoms with E-state index in [4.69, 9.17) is 22.9 Å². The van der Waals surface area contributed by atoms with Crippen molar-refractivity contribution in [3.8, 4) is 0 Å². The Bertz CT molecular complexity index is 934. The predicted octanol–water partition coefficient (Wildman–Crippen LogP) is 2.14. The Morgan fingerprint density at radius 2 is 1.14 bits per heavy atom. The van der Waals surface area contributed by atoms with Crippen molar-refractivity contribution in [3.05, 3.63) is 9.75 Å². The number of anilines is 4. The van der Waals surface area contributed by atoms with E-state index in [0.29, 0.717) is 9.75 Å². The van der Waals surface area contributed by atoms with E-state index in [9.17, 15) is 9.59 Å². The molecule has 212 valence electrons. The van der Waals surface area contributed by atoms with Crippen LogP contribution in [0.4, 0.5) is 21.9 Å². The summed E-state index contributed by atoms with van der Waals surface area (Å²) in [5, 5.41) is 1.50. The zero-order valence-corrected chi connectivity index (χ0v) is 24.7. The molecule has 4 heterocycles. The molecule has 2 unspecified atom stereocenters. The van der Waals surface area contributed by atoms with E-state index >= 15 is 0 Å². The monoisotopic (exact) mass is 620 g/mol. The summed E-state index contributed by atoms with van der Waals surface area (Å²) in [4.78, 5) is 36.1. The van der Waals surface area contributed by atoms with Crippen molar-refractivity contribution in [2.45, 2.75) is 37.8 Å². The van der Waals surface area contributed by atoms with Gasteiger partial charge in [0.15, 0.2) is 31.7 Å². The number of hydrogen-bond donors (Lipinski definition) is 4. The number of halogens is 3. The van der Waals surface area contributed by atoms with Crippen molar-refractivity contribution >= 4 is 93.7 Å². The fourth-order valence-electron chi connectivity index (χ4n) is 3.76. The van der Waals surface area contributed by atoms with Crippen LogP contribution in [0.2, 0.25) is 0 Å². The Morgan fingerprint density at radius 1 is 0.784 bits per heavy atom. The molecule has 8 N–H and O–H groups in total. The van der Waals surface area contributed by atoms with Crippen molar-refractivity contribution in [1.82, 2.24) is 9.97 Å². The molecule has 12 nitrogen and oxygen atoms in total. The third kappa shape index (κ3) is 9.16. The molecule has 0 bridgehead atoms. The first-order valence-electron chi connectivity index (χ1n) is 10.9. The van der Waals surface area contributed by atoms with E-state index in [1.165, 1.54) is 36.9 Å². The first-order chi connectivity index (χ1) is 16.2. The second-order valence-corrected chi connectivity index (χ2v) is 10.1. The predicted molar refractivity (Wildman–Crippen MR) is 156 cm³/mol. The Balaban J connectivity index is 0.000000648. The van der Waals surface area contributed by atoms with E-state index in [2.05, 4.69) is 29.2 Å².